The Morgan fingerprint density at radius 2 is 1.60 bits per heavy atom. The van der Waals surface area contributed by atoms with Gasteiger partial charge >= 0.3 is 5.97 Å². The van der Waals surface area contributed by atoms with Crippen LogP contribution in [0, 0.1) is 63.2 Å². The van der Waals surface area contributed by atoms with Gasteiger partial charge in [-0.1, -0.05) is 47.1 Å². The number of hydrogen-bond acceptors (Lipinski definition) is 2. The molecule has 0 aromatic heterocycles. The Balaban J connectivity index is 1.57. The fourth-order valence-electron chi connectivity index (χ4n) is 11.7. The summed E-state index contributed by atoms with van der Waals surface area (Å²) in [4.78, 5) is 16.4. The van der Waals surface area contributed by atoms with Crippen LogP contribution in [-0.2, 0) is 4.79 Å². The van der Waals surface area contributed by atoms with Crippen LogP contribution in [0.25, 0.3) is 4.85 Å². The Morgan fingerprint density at radius 3 is 2.26 bits per heavy atom. The first-order valence-corrected chi connectivity index (χ1v) is 14.2. The molecule has 2 N–H and O–H groups in total. The lowest BCUT2D eigenvalue weighted by Crippen LogP contribution is -2.67. The van der Waals surface area contributed by atoms with Gasteiger partial charge in [-0.25, -0.2) is 4.85 Å². The fourth-order valence-corrected chi connectivity index (χ4v) is 11.7. The molecule has 4 heteroatoms. The molecule has 0 aromatic rings. The molecular weight excluding hydrogens is 434 g/mol. The van der Waals surface area contributed by atoms with E-state index in [2.05, 4.69) is 46.4 Å². The van der Waals surface area contributed by atoms with Crippen molar-refractivity contribution in [2.24, 2.45) is 56.7 Å². The summed E-state index contributed by atoms with van der Waals surface area (Å²) in [7, 11) is 0. The molecule has 5 saturated carbocycles. The third-order valence-corrected chi connectivity index (χ3v) is 13.7. The second-order valence-electron chi connectivity index (χ2n) is 14.7. The van der Waals surface area contributed by atoms with E-state index in [1.165, 1.54) is 19.3 Å². The molecule has 0 heterocycles. The number of fused-ring (bicyclic) bond motifs is 7. The molecule has 35 heavy (non-hydrogen) atoms. The van der Waals surface area contributed by atoms with Crippen LogP contribution in [0.4, 0.5) is 0 Å². The number of allylic oxidation sites excluding steroid dienone is 1. The SMILES string of the molecule is [C-]#[N+]/C=C(\C)[C@@H]1CC[C@]2(C(=O)O)CC[C@]3(C)C(CCC4[C@@]5(C)CC[C@H](O)C(C)(C)C5CC[C@]43C)C12. The molecule has 0 radical (unpaired) electrons. The van der Waals surface area contributed by atoms with Crippen molar-refractivity contribution in [2.75, 3.05) is 0 Å². The lowest BCUT2D eigenvalue weighted by molar-refractivity contribution is -0.248. The fraction of sp³-hybridized carbons (Fsp3) is 0.871. The smallest absolute Gasteiger partial charge is 0.309 e. The van der Waals surface area contributed by atoms with E-state index in [-0.39, 0.29) is 39.6 Å². The zero-order valence-electron chi connectivity index (χ0n) is 22.9. The van der Waals surface area contributed by atoms with E-state index in [1.54, 1.807) is 6.20 Å². The van der Waals surface area contributed by atoms with Gasteiger partial charge in [-0.05, 0) is 115 Å². The number of aliphatic carboxylic acids is 1. The summed E-state index contributed by atoms with van der Waals surface area (Å²) >= 11 is 0. The van der Waals surface area contributed by atoms with Gasteiger partial charge in [-0.2, -0.15) is 0 Å². The molecule has 5 rings (SSSR count). The van der Waals surface area contributed by atoms with Crippen LogP contribution in [0.15, 0.2) is 11.8 Å². The highest BCUT2D eigenvalue weighted by Gasteiger charge is 2.72. The predicted octanol–water partition coefficient (Wildman–Crippen LogP) is 7.34. The normalized spacial score (nSPS) is 52.9. The molecule has 0 aliphatic heterocycles. The maximum absolute atomic E-state index is 12.9. The van der Waals surface area contributed by atoms with Gasteiger partial charge in [0.2, 0.25) is 0 Å². The van der Waals surface area contributed by atoms with Crippen LogP contribution in [0.2, 0.25) is 0 Å². The standard InChI is InChI=1S/C31H47NO3/c1-19(18-32-7)20-10-15-31(26(34)35)17-16-29(5)21(25(20)31)8-9-23-28(4)13-12-24(33)27(2,3)22(28)11-14-30(23,29)6/h18,20-25,33H,8-17H2,1-6H3,(H,34,35)/b19-18+/t20-,21?,22?,23?,24-,25?,28-,29+,30+,31-/m0/s1. The minimum absolute atomic E-state index is 0.0463. The molecule has 10 atom stereocenters. The maximum Gasteiger partial charge on any atom is 0.309 e. The van der Waals surface area contributed by atoms with Crippen molar-refractivity contribution in [1.82, 2.24) is 0 Å². The summed E-state index contributed by atoms with van der Waals surface area (Å²) in [6.07, 6.45) is 11.6. The van der Waals surface area contributed by atoms with Gasteiger partial charge in [-0.3, -0.25) is 4.79 Å². The first-order valence-electron chi connectivity index (χ1n) is 14.2. The predicted molar refractivity (Wildman–Crippen MR) is 138 cm³/mol. The number of carboxylic acid groups (broad SMARTS) is 1. The van der Waals surface area contributed by atoms with Crippen LogP contribution < -0.4 is 0 Å². The van der Waals surface area contributed by atoms with E-state index in [9.17, 15) is 15.0 Å². The van der Waals surface area contributed by atoms with Gasteiger partial charge < -0.3 is 10.2 Å². The van der Waals surface area contributed by atoms with Crippen LogP contribution >= 0.6 is 0 Å². The second kappa shape index (κ2) is 7.83. The van der Waals surface area contributed by atoms with Crippen LogP contribution in [0.1, 0.15) is 106 Å². The monoisotopic (exact) mass is 481 g/mol. The molecule has 0 bridgehead atoms. The first kappa shape index (κ1) is 25.3. The highest BCUT2D eigenvalue weighted by molar-refractivity contribution is 5.76. The average Bonchev–Trinajstić information content (AvgIpc) is 3.18. The second-order valence-corrected chi connectivity index (χ2v) is 14.7. The van der Waals surface area contributed by atoms with Crippen LogP contribution in [0.3, 0.4) is 0 Å². The third kappa shape index (κ3) is 3.03. The van der Waals surface area contributed by atoms with Gasteiger partial charge in [0.15, 0.2) is 6.20 Å². The van der Waals surface area contributed by atoms with E-state index in [1.807, 2.05) is 0 Å². The van der Waals surface area contributed by atoms with E-state index in [4.69, 9.17) is 6.57 Å². The highest BCUT2D eigenvalue weighted by atomic mass is 16.4. The lowest BCUT2D eigenvalue weighted by atomic mass is 9.32. The summed E-state index contributed by atoms with van der Waals surface area (Å²) in [6, 6.07) is 0. The van der Waals surface area contributed by atoms with Gasteiger partial charge in [0, 0.05) is 0 Å². The first-order chi connectivity index (χ1) is 16.3. The van der Waals surface area contributed by atoms with Crippen molar-refractivity contribution >= 4 is 5.97 Å². The van der Waals surface area contributed by atoms with Crippen LogP contribution in [-0.4, -0.2) is 22.3 Å². The Hall–Kier alpha value is -1.34. The topological polar surface area (TPSA) is 61.9 Å². The number of nitrogens with zero attached hydrogens (tertiary/aromatic N) is 1. The van der Waals surface area contributed by atoms with Crippen molar-refractivity contribution < 1.29 is 15.0 Å². The lowest BCUT2D eigenvalue weighted by Gasteiger charge is -2.72. The number of rotatable bonds is 2. The molecule has 4 nitrogen and oxygen atoms in total. The van der Waals surface area contributed by atoms with Crippen LogP contribution in [0.5, 0.6) is 0 Å². The summed E-state index contributed by atoms with van der Waals surface area (Å²) in [5.74, 6) is 1.34. The van der Waals surface area contributed by atoms with E-state index in [0.29, 0.717) is 17.8 Å². The zero-order valence-corrected chi connectivity index (χ0v) is 22.9. The van der Waals surface area contributed by atoms with Crippen molar-refractivity contribution in [2.45, 2.75) is 112 Å². The Bertz CT molecular complexity index is 978. The molecular formula is C31H47NO3. The minimum atomic E-state index is -0.618. The number of aliphatic hydroxyl groups is 1. The summed E-state index contributed by atoms with van der Waals surface area (Å²) in [6.45, 7) is 21.7. The molecule has 0 aromatic carbocycles. The molecule has 5 fully saturated rings. The molecule has 0 saturated heterocycles. The number of hydrogen-bond donors (Lipinski definition) is 2. The minimum Gasteiger partial charge on any atom is -0.481 e. The Labute approximate surface area is 212 Å². The maximum atomic E-state index is 12.9. The number of carbonyl (C=O) groups is 1. The van der Waals surface area contributed by atoms with Gasteiger partial charge in [0.1, 0.15) is 0 Å². The summed E-state index contributed by atoms with van der Waals surface area (Å²) < 4.78 is 0. The van der Waals surface area contributed by atoms with Gasteiger partial charge in [0.25, 0.3) is 0 Å². The van der Waals surface area contributed by atoms with Gasteiger partial charge in [0.05, 0.1) is 18.1 Å². The van der Waals surface area contributed by atoms with Gasteiger partial charge in [-0.15, -0.1) is 0 Å². The Kier molecular flexibility index (Phi) is 5.66. The van der Waals surface area contributed by atoms with E-state index < -0.39 is 11.4 Å². The molecule has 0 amide bonds. The summed E-state index contributed by atoms with van der Waals surface area (Å²) in [5, 5.41) is 21.5. The molecule has 5 aliphatic carbocycles. The highest BCUT2D eigenvalue weighted by Crippen LogP contribution is 2.77. The molecule has 194 valence electrons. The number of carboxylic acids is 1. The molecule has 5 aliphatic rings. The zero-order chi connectivity index (χ0) is 25.6. The van der Waals surface area contributed by atoms with Crippen molar-refractivity contribution in [3.05, 3.63) is 23.2 Å². The van der Waals surface area contributed by atoms with Crippen molar-refractivity contribution in [1.29, 1.82) is 0 Å². The molecule has 0 spiro atoms. The average molecular weight is 482 g/mol. The van der Waals surface area contributed by atoms with Crippen molar-refractivity contribution in [3.8, 4) is 0 Å². The van der Waals surface area contributed by atoms with Crippen molar-refractivity contribution in [3.63, 3.8) is 0 Å². The molecule has 4 unspecified atom stereocenters. The summed E-state index contributed by atoms with van der Waals surface area (Å²) in [5.41, 5.74) is 0.981. The largest absolute Gasteiger partial charge is 0.481 e. The number of aliphatic hydroxyl groups excluding tert-OH is 1. The van der Waals surface area contributed by atoms with E-state index in [0.717, 1.165) is 50.5 Å². The third-order valence-electron chi connectivity index (χ3n) is 13.7. The van der Waals surface area contributed by atoms with E-state index >= 15 is 0 Å². The quantitative estimate of drug-likeness (QED) is 0.406. The Morgan fingerprint density at radius 1 is 0.886 bits per heavy atom.